The van der Waals surface area contributed by atoms with Crippen LogP contribution in [0.25, 0.3) is 0 Å². The van der Waals surface area contributed by atoms with Crippen molar-refractivity contribution < 1.29 is 18.5 Å². The highest BCUT2D eigenvalue weighted by atomic mass is 32.2. The summed E-state index contributed by atoms with van der Waals surface area (Å²) in [6, 6.07) is 7.62. The zero-order valence-corrected chi connectivity index (χ0v) is 19.2. The quantitative estimate of drug-likeness (QED) is 0.455. The molecule has 3 rings (SSSR count). The predicted molar refractivity (Wildman–Crippen MR) is 112 cm³/mol. The molecule has 0 spiro atoms. The van der Waals surface area contributed by atoms with Crippen molar-refractivity contribution in [2.75, 3.05) is 5.75 Å². The summed E-state index contributed by atoms with van der Waals surface area (Å²) in [6.45, 7) is 15.0. The maximum absolute atomic E-state index is 12.8. The lowest BCUT2D eigenvalue weighted by atomic mass is 9.84. The fourth-order valence-corrected chi connectivity index (χ4v) is 5.89. The van der Waals surface area contributed by atoms with E-state index in [0.717, 1.165) is 16.0 Å². The second kappa shape index (κ2) is 6.92. The van der Waals surface area contributed by atoms with Crippen LogP contribution in [-0.2, 0) is 20.0 Å². The van der Waals surface area contributed by atoms with Crippen molar-refractivity contribution in [1.29, 1.82) is 0 Å². The van der Waals surface area contributed by atoms with E-state index in [-0.39, 0.29) is 29.1 Å². The Hall–Kier alpha value is -0.793. The van der Waals surface area contributed by atoms with E-state index in [9.17, 15) is 9.32 Å². The van der Waals surface area contributed by atoms with Gasteiger partial charge >= 0.3 is 0 Å². The van der Waals surface area contributed by atoms with Gasteiger partial charge in [0.25, 0.3) is 0 Å². The van der Waals surface area contributed by atoms with Gasteiger partial charge in [-0.3, -0.25) is 4.21 Å². The first-order chi connectivity index (χ1) is 12.3. The third-order valence-electron chi connectivity index (χ3n) is 6.29. The summed E-state index contributed by atoms with van der Waals surface area (Å²) in [5.74, 6) is 0.145. The molecule has 0 radical (unpaired) electrons. The van der Waals surface area contributed by atoms with Crippen LogP contribution in [0.3, 0.4) is 0 Å². The highest BCUT2D eigenvalue weighted by Crippen LogP contribution is 2.47. The van der Waals surface area contributed by atoms with Crippen LogP contribution in [0.15, 0.2) is 40.8 Å². The summed E-state index contributed by atoms with van der Waals surface area (Å²) in [7, 11) is -3.23. The fraction of sp³-hybridized carbons (Fsp3) is 0.619. The first-order valence-corrected chi connectivity index (χ1v) is 13.8. The van der Waals surface area contributed by atoms with E-state index >= 15 is 0 Å². The number of epoxide rings is 1. The maximum atomic E-state index is 12.8. The van der Waals surface area contributed by atoms with Crippen molar-refractivity contribution in [3.8, 4) is 0 Å². The van der Waals surface area contributed by atoms with Gasteiger partial charge in [0.05, 0.1) is 22.7 Å². The molecule has 1 fully saturated rings. The second-order valence-corrected chi connectivity index (χ2v) is 15.6. The van der Waals surface area contributed by atoms with Crippen LogP contribution in [0.2, 0.25) is 18.1 Å². The summed E-state index contributed by atoms with van der Waals surface area (Å²) in [6.07, 6.45) is 1.36. The summed E-state index contributed by atoms with van der Waals surface area (Å²) in [4.78, 5) is 0.735. The molecule has 2 aliphatic rings. The van der Waals surface area contributed by atoms with E-state index in [2.05, 4.69) is 33.9 Å². The molecule has 1 aromatic rings. The molecule has 1 saturated heterocycles. The molecule has 150 valence electrons. The topological polar surface area (TPSA) is 59.1 Å². The molecule has 1 N–H and O–H groups in total. The molecule has 5 atom stereocenters. The number of ether oxygens (including phenoxy) is 1. The molecular weight excluding hydrogens is 376 g/mol. The number of benzene rings is 1. The molecule has 6 heteroatoms. The first kappa shape index (κ1) is 20.9. The molecule has 1 aliphatic heterocycles. The van der Waals surface area contributed by atoms with E-state index in [4.69, 9.17) is 9.16 Å². The minimum absolute atomic E-state index is 0.111. The van der Waals surface area contributed by atoms with Crippen molar-refractivity contribution >= 4 is 19.1 Å². The lowest BCUT2D eigenvalue weighted by Crippen LogP contribution is -2.51. The van der Waals surface area contributed by atoms with Crippen LogP contribution < -0.4 is 0 Å². The van der Waals surface area contributed by atoms with Crippen LogP contribution in [0.1, 0.15) is 33.3 Å². The highest BCUT2D eigenvalue weighted by molar-refractivity contribution is 7.85. The van der Waals surface area contributed by atoms with Gasteiger partial charge in [-0.1, -0.05) is 44.5 Å². The molecule has 0 amide bonds. The Labute approximate surface area is 166 Å². The SMILES string of the molecule is CC1=C[C@H](O[Si](C)(C)C(C)(C)C)[C@H]2O[C@H]2[C@]1(O)CS(=O)c1ccc(C)cc1. The lowest BCUT2D eigenvalue weighted by molar-refractivity contribution is 0.0661. The Morgan fingerprint density at radius 3 is 2.37 bits per heavy atom. The smallest absolute Gasteiger partial charge is 0.193 e. The number of aliphatic hydroxyl groups is 1. The number of fused-ring (bicyclic) bond motifs is 1. The van der Waals surface area contributed by atoms with Gasteiger partial charge in [0, 0.05) is 4.90 Å². The normalized spacial score (nSPS) is 31.9. The molecule has 4 nitrogen and oxygen atoms in total. The van der Waals surface area contributed by atoms with E-state index in [1.165, 1.54) is 0 Å². The maximum Gasteiger partial charge on any atom is 0.193 e. The summed E-state index contributed by atoms with van der Waals surface area (Å²) >= 11 is 0. The Morgan fingerprint density at radius 2 is 1.81 bits per heavy atom. The molecule has 0 aromatic heterocycles. The number of hydrogen-bond donors (Lipinski definition) is 1. The highest BCUT2D eigenvalue weighted by Gasteiger charge is 2.62. The van der Waals surface area contributed by atoms with Gasteiger partial charge in [0.2, 0.25) is 0 Å². The van der Waals surface area contributed by atoms with E-state index in [0.29, 0.717) is 0 Å². The van der Waals surface area contributed by atoms with Crippen LogP contribution in [0.5, 0.6) is 0 Å². The van der Waals surface area contributed by atoms with Gasteiger partial charge in [-0.05, 0) is 49.7 Å². The molecule has 0 saturated carbocycles. The zero-order valence-electron chi connectivity index (χ0n) is 17.4. The van der Waals surface area contributed by atoms with Gasteiger partial charge in [-0.15, -0.1) is 0 Å². The second-order valence-electron chi connectivity index (χ2n) is 9.44. The predicted octanol–water partition coefficient (Wildman–Crippen LogP) is 3.95. The minimum atomic E-state index is -1.94. The standard InChI is InChI=1S/C21H32O4SSi/c1-14-8-10-16(11-9-14)26(23)13-21(22)15(2)12-17(18-19(21)24-18)25-27(6,7)20(3,4)5/h8-12,17-19,22H,13H2,1-7H3/t17-,18+,19+,21-,26?/m0/s1. The van der Waals surface area contributed by atoms with E-state index < -0.39 is 24.7 Å². The molecular formula is C21H32O4SSi. The molecule has 1 heterocycles. The zero-order chi connectivity index (χ0) is 20.2. The summed E-state index contributed by atoms with van der Waals surface area (Å²) in [5.41, 5.74) is 0.720. The average molecular weight is 409 g/mol. The van der Waals surface area contributed by atoms with Crippen LogP contribution in [-0.4, -0.2) is 47.3 Å². The molecule has 0 bridgehead atoms. The number of aryl methyl sites for hydroxylation is 1. The first-order valence-electron chi connectivity index (χ1n) is 9.55. The van der Waals surface area contributed by atoms with Gasteiger partial charge in [0.15, 0.2) is 8.32 Å². The van der Waals surface area contributed by atoms with Crippen LogP contribution >= 0.6 is 0 Å². The van der Waals surface area contributed by atoms with Gasteiger partial charge in [-0.25, -0.2) is 0 Å². The molecule has 1 aliphatic carbocycles. The van der Waals surface area contributed by atoms with Crippen molar-refractivity contribution in [1.82, 2.24) is 0 Å². The average Bonchev–Trinajstić information content (AvgIpc) is 3.34. The largest absolute Gasteiger partial charge is 0.408 e. The third kappa shape index (κ3) is 4.01. The molecule has 1 unspecified atom stereocenters. The van der Waals surface area contributed by atoms with Gasteiger partial charge in [0.1, 0.15) is 17.8 Å². The number of rotatable bonds is 5. The monoisotopic (exact) mass is 408 g/mol. The summed E-state index contributed by atoms with van der Waals surface area (Å²) < 4.78 is 25.2. The lowest BCUT2D eigenvalue weighted by Gasteiger charge is -2.40. The van der Waals surface area contributed by atoms with Crippen molar-refractivity contribution in [2.24, 2.45) is 0 Å². The van der Waals surface area contributed by atoms with E-state index in [1.807, 2.05) is 44.2 Å². The van der Waals surface area contributed by atoms with Crippen molar-refractivity contribution in [3.05, 3.63) is 41.5 Å². The minimum Gasteiger partial charge on any atom is -0.408 e. The Morgan fingerprint density at radius 1 is 1.22 bits per heavy atom. The van der Waals surface area contributed by atoms with E-state index in [1.54, 1.807) is 0 Å². The Bertz CT molecular complexity index is 765. The van der Waals surface area contributed by atoms with Crippen molar-refractivity contribution in [2.45, 2.75) is 81.6 Å². The molecule has 27 heavy (non-hydrogen) atoms. The number of hydrogen-bond acceptors (Lipinski definition) is 4. The summed E-state index contributed by atoms with van der Waals surface area (Å²) in [5, 5.41) is 11.4. The Kier molecular flexibility index (Phi) is 5.36. The van der Waals surface area contributed by atoms with Gasteiger partial charge < -0.3 is 14.3 Å². The van der Waals surface area contributed by atoms with Crippen molar-refractivity contribution in [3.63, 3.8) is 0 Å². The van der Waals surface area contributed by atoms with Crippen LogP contribution in [0, 0.1) is 6.92 Å². The fourth-order valence-electron chi connectivity index (χ4n) is 3.26. The molecule has 1 aromatic carbocycles. The van der Waals surface area contributed by atoms with Gasteiger partial charge in [-0.2, -0.15) is 0 Å². The van der Waals surface area contributed by atoms with Crippen LogP contribution in [0.4, 0.5) is 0 Å². The Balaban J connectivity index is 1.77. The third-order valence-corrected chi connectivity index (χ3v) is 12.3.